The van der Waals surface area contributed by atoms with Crippen LogP contribution in [0.2, 0.25) is 0 Å². The molecule has 1 unspecified atom stereocenters. The van der Waals surface area contributed by atoms with Crippen molar-refractivity contribution in [3.8, 4) is 0 Å². The maximum atomic E-state index is 12.3. The minimum atomic E-state index is -0.420. The van der Waals surface area contributed by atoms with Crippen LogP contribution in [0, 0.1) is 0 Å². The van der Waals surface area contributed by atoms with Crippen LogP contribution in [-0.2, 0) is 23.2 Å². The highest BCUT2D eigenvalue weighted by Crippen LogP contribution is 2.35. The molecule has 0 spiro atoms. The fraction of sp³-hybridized carbons (Fsp3) is 0.292. The largest absolute Gasteiger partial charge is 0.468 e. The van der Waals surface area contributed by atoms with Crippen molar-refractivity contribution in [2.24, 2.45) is 0 Å². The molecule has 0 fully saturated rings. The minimum Gasteiger partial charge on any atom is -0.468 e. The number of fused-ring (bicyclic) bond motifs is 1. The molecule has 0 aliphatic carbocycles. The van der Waals surface area contributed by atoms with Gasteiger partial charge in [-0.05, 0) is 34.7 Å². The number of cyclic esters (lactones) is 1. The second-order valence-corrected chi connectivity index (χ2v) is 8.28. The van der Waals surface area contributed by atoms with Crippen LogP contribution in [0.25, 0.3) is 0 Å². The van der Waals surface area contributed by atoms with Crippen molar-refractivity contribution >= 4 is 5.97 Å². The van der Waals surface area contributed by atoms with Gasteiger partial charge in [-0.25, -0.2) is 4.79 Å². The lowest BCUT2D eigenvalue weighted by Crippen LogP contribution is -2.28. The van der Waals surface area contributed by atoms with E-state index in [0.29, 0.717) is 18.7 Å². The Labute approximate surface area is 165 Å². The Morgan fingerprint density at radius 1 is 0.929 bits per heavy atom. The standard InChI is InChI=1S/C24H25NO3/c1-24(2,3)18-12-10-17(11-13-18)15-25(16-19-7-6-14-27-19)22-20-8-4-5-9-21(20)23(26)28-22/h4-14,22H,15-16H2,1-3H3. The smallest absolute Gasteiger partial charge is 0.340 e. The summed E-state index contributed by atoms with van der Waals surface area (Å²) < 4.78 is 11.3. The number of hydrogen-bond donors (Lipinski definition) is 0. The second kappa shape index (κ2) is 7.28. The number of ether oxygens (including phenoxy) is 1. The molecule has 0 saturated heterocycles. The van der Waals surface area contributed by atoms with Crippen LogP contribution in [0.15, 0.2) is 71.3 Å². The molecule has 3 aromatic rings. The van der Waals surface area contributed by atoms with Gasteiger partial charge in [0.15, 0.2) is 6.23 Å². The molecule has 1 aliphatic heterocycles. The third kappa shape index (κ3) is 3.73. The van der Waals surface area contributed by atoms with Crippen molar-refractivity contribution in [1.29, 1.82) is 0 Å². The monoisotopic (exact) mass is 375 g/mol. The molecule has 4 nitrogen and oxygen atoms in total. The molecule has 1 atom stereocenters. The van der Waals surface area contributed by atoms with Gasteiger partial charge in [0.05, 0.1) is 18.4 Å². The minimum absolute atomic E-state index is 0.117. The van der Waals surface area contributed by atoms with Crippen molar-refractivity contribution < 1.29 is 13.9 Å². The topological polar surface area (TPSA) is 42.7 Å². The van der Waals surface area contributed by atoms with Crippen LogP contribution in [0.1, 0.15) is 59.8 Å². The lowest BCUT2D eigenvalue weighted by Gasteiger charge is -2.28. The van der Waals surface area contributed by atoms with Gasteiger partial charge in [-0.2, -0.15) is 0 Å². The molecular weight excluding hydrogens is 350 g/mol. The molecule has 0 amide bonds. The number of rotatable bonds is 5. The summed E-state index contributed by atoms with van der Waals surface area (Å²) in [6.45, 7) is 7.83. The first-order valence-electron chi connectivity index (χ1n) is 9.57. The van der Waals surface area contributed by atoms with Crippen molar-refractivity contribution in [3.63, 3.8) is 0 Å². The maximum absolute atomic E-state index is 12.3. The highest BCUT2D eigenvalue weighted by atomic mass is 16.6. The van der Waals surface area contributed by atoms with E-state index in [0.717, 1.165) is 11.3 Å². The van der Waals surface area contributed by atoms with Crippen molar-refractivity contribution in [3.05, 3.63) is 94.9 Å². The van der Waals surface area contributed by atoms with Crippen LogP contribution in [0.3, 0.4) is 0 Å². The summed E-state index contributed by atoms with van der Waals surface area (Å²) in [5.41, 5.74) is 4.13. The first-order chi connectivity index (χ1) is 13.4. The van der Waals surface area contributed by atoms with Gasteiger partial charge >= 0.3 is 5.97 Å². The lowest BCUT2D eigenvalue weighted by molar-refractivity contribution is -0.0335. The van der Waals surface area contributed by atoms with Gasteiger partial charge in [0.25, 0.3) is 0 Å². The van der Waals surface area contributed by atoms with Crippen LogP contribution in [0.5, 0.6) is 0 Å². The van der Waals surface area contributed by atoms with E-state index in [2.05, 4.69) is 49.9 Å². The molecule has 2 heterocycles. The molecule has 0 N–H and O–H groups in total. The quantitative estimate of drug-likeness (QED) is 0.556. The molecule has 0 bridgehead atoms. The summed E-state index contributed by atoms with van der Waals surface area (Å²) in [5, 5.41) is 0. The van der Waals surface area contributed by atoms with E-state index in [9.17, 15) is 4.79 Å². The molecule has 1 aromatic heterocycles. The highest BCUT2D eigenvalue weighted by molar-refractivity contribution is 5.93. The molecule has 0 radical (unpaired) electrons. The van der Waals surface area contributed by atoms with E-state index >= 15 is 0 Å². The Kier molecular flexibility index (Phi) is 4.82. The Balaban J connectivity index is 1.62. The number of benzene rings is 2. The lowest BCUT2D eigenvalue weighted by atomic mass is 9.87. The number of carbonyl (C=O) groups excluding carboxylic acids is 1. The second-order valence-electron chi connectivity index (χ2n) is 8.28. The van der Waals surface area contributed by atoms with E-state index in [4.69, 9.17) is 9.15 Å². The van der Waals surface area contributed by atoms with Crippen LogP contribution in [0.4, 0.5) is 0 Å². The summed E-state index contributed by atoms with van der Waals surface area (Å²) in [4.78, 5) is 14.5. The fourth-order valence-electron chi connectivity index (χ4n) is 3.57. The van der Waals surface area contributed by atoms with E-state index in [-0.39, 0.29) is 11.4 Å². The predicted molar refractivity (Wildman–Crippen MR) is 108 cm³/mol. The third-order valence-electron chi connectivity index (χ3n) is 5.14. The predicted octanol–water partition coefficient (Wildman–Crippen LogP) is 5.45. The van der Waals surface area contributed by atoms with Crippen LogP contribution >= 0.6 is 0 Å². The molecule has 4 rings (SSSR count). The zero-order chi connectivity index (χ0) is 19.7. The summed E-state index contributed by atoms with van der Waals surface area (Å²) in [6, 6.07) is 20.1. The van der Waals surface area contributed by atoms with E-state index < -0.39 is 6.23 Å². The molecule has 2 aromatic carbocycles. The van der Waals surface area contributed by atoms with E-state index in [1.807, 2.05) is 36.4 Å². The first-order valence-corrected chi connectivity index (χ1v) is 9.57. The molecule has 144 valence electrons. The summed E-state index contributed by atoms with van der Waals surface area (Å²) in [5.74, 6) is 0.569. The first kappa shape index (κ1) is 18.5. The van der Waals surface area contributed by atoms with Gasteiger partial charge in [-0.15, -0.1) is 0 Å². The number of hydrogen-bond acceptors (Lipinski definition) is 4. The van der Waals surface area contributed by atoms with Gasteiger partial charge in [0.1, 0.15) is 5.76 Å². The van der Waals surface area contributed by atoms with Crippen LogP contribution < -0.4 is 0 Å². The third-order valence-corrected chi connectivity index (χ3v) is 5.14. The zero-order valence-electron chi connectivity index (χ0n) is 16.5. The summed E-state index contributed by atoms with van der Waals surface area (Å²) in [7, 11) is 0. The Bertz CT molecular complexity index is 952. The van der Waals surface area contributed by atoms with Gasteiger partial charge in [0.2, 0.25) is 0 Å². The van der Waals surface area contributed by atoms with Crippen LogP contribution in [-0.4, -0.2) is 10.9 Å². The normalized spacial score (nSPS) is 16.3. The molecular formula is C24H25NO3. The van der Waals surface area contributed by atoms with Crippen molar-refractivity contribution in [1.82, 2.24) is 4.90 Å². The Morgan fingerprint density at radius 3 is 2.36 bits per heavy atom. The molecule has 28 heavy (non-hydrogen) atoms. The van der Waals surface area contributed by atoms with Gasteiger partial charge in [-0.1, -0.05) is 63.2 Å². The average Bonchev–Trinajstić information content (AvgIpc) is 3.29. The number of furan rings is 1. The maximum Gasteiger partial charge on any atom is 0.340 e. The average molecular weight is 375 g/mol. The van der Waals surface area contributed by atoms with Crippen molar-refractivity contribution in [2.45, 2.75) is 45.5 Å². The Hall–Kier alpha value is -2.85. The van der Waals surface area contributed by atoms with E-state index in [1.165, 1.54) is 11.1 Å². The fourth-order valence-corrected chi connectivity index (χ4v) is 3.57. The molecule has 1 aliphatic rings. The van der Waals surface area contributed by atoms with Gasteiger partial charge in [0, 0.05) is 12.1 Å². The number of esters is 1. The summed E-state index contributed by atoms with van der Waals surface area (Å²) in [6.07, 6.45) is 1.25. The molecule has 0 saturated carbocycles. The van der Waals surface area contributed by atoms with Gasteiger partial charge in [-0.3, -0.25) is 4.90 Å². The van der Waals surface area contributed by atoms with Crippen molar-refractivity contribution in [2.75, 3.05) is 0 Å². The number of carbonyl (C=O) groups is 1. The van der Waals surface area contributed by atoms with Gasteiger partial charge < -0.3 is 9.15 Å². The number of nitrogens with zero attached hydrogens (tertiary/aromatic N) is 1. The van der Waals surface area contributed by atoms with E-state index in [1.54, 1.807) is 6.26 Å². The Morgan fingerprint density at radius 2 is 1.68 bits per heavy atom. The zero-order valence-corrected chi connectivity index (χ0v) is 16.5. The molecule has 4 heteroatoms. The SMILES string of the molecule is CC(C)(C)c1ccc(CN(Cc2ccco2)C2OC(=O)c3ccccc32)cc1. The highest BCUT2D eigenvalue weighted by Gasteiger charge is 2.35. The summed E-state index contributed by atoms with van der Waals surface area (Å²) >= 11 is 0.